The Morgan fingerprint density at radius 3 is 2.57 bits per heavy atom. The van der Waals surface area contributed by atoms with Crippen LogP contribution in [0.4, 0.5) is 0 Å². The van der Waals surface area contributed by atoms with Gasteiger partial charge in [-0.1, -0.05) is 15.9 Å². The topological polar surface area (TPSA) is 80.5 Å². The van der Waals surface area contributed by atoms with Gasteiger partial charge in [0.25, 0.3) is 0 Å². The second-order valence-electron chi connectivity index (χ2n) is 3.73. The number of amides is 1. The molecule has 0 bridgehead atoms. The Balaban J connectivity index is 2.81. The fourth-order valence-electron chi connectivity index (χ4n) is 1.43. The molecule has 0 saturated carbocycles. The fraction of sp³-hybridized carbons (Fsp3) is 0.857. The number of hydrogen-bond donors (Lipinski definition) is 1. The van der Waals surface area contributed by atoms with Gasteiger partial charge in [-0.3, -0.25) is 4.79 Å². The summed E-state index contributed by atoms with van der Waals surface area (Å²) in [4.78, 5) is 11.1. The Bertz CT molecular complexity index is 343. The maximum absolute atomic E-state index is 11.4. The van der Waals surface area contributed by atoms with Crippen LogP contribution in [0.5, 0.6) is 0 Å². The molecule has 1 saturated heterocycles. The van der Waals surface area contributed by atoms with Crippen LogP contribution in [0.3, 0.4) is 0 Å². The molecule has 0 aliphatic carbocycles. The summed E-state index contributed by atoms with van der Waals surface area (Å²) in [5.74, 6) is -0.440. The number of primary amides is 1. The Hall–Kier alpha value is -0.140. The van der Waals surface area contributed by atoms with Crippen molar-refractivity contribution in [2.24, 2.45) is 11.1 Å². The minimum atomic E-state index is -3.26. The van der Waals surface area contributed by atoms with Crippen molar-refractivity contribution >= 4 is 31.9 Å². The van der Waals surface area contributed by atoms with E-state index in [1.807, 2.05) is 0 Å². The van der Waals surface area contributed by atoms with Crippen molar-refractivity contribution in [3.63, 3.8) is 0 Å². The van der Waals surface area contributed by atoms with Crippen LogP contribution >= 0.6 is 15.9 Å². The first-order chi connectivity index (χ1) is 6.32. The number of carbonyl (C=O) groups excluding carboxylic acids is 1. The number of halogens is 1. The molecule has 7 heteroatoms. The molecule has 0 aromatic rings. The van der Waals surface area contributed by atoms with E-state index in [1.165, 1.54) is 4.31 Å². The molecule has 1 fully saturated rings. The van der Waals surface area contributed by atoms with Crippen molar-refractivity contribution < 1.29 is 13.2 Å². The fourth-order valence-corrected chi connectivity index (χ4v) is 3.28. The summed E-state index contributed by atoms with van der Waals surface area (Å²) in [5, 5.41) is 0. The molecule has 2 N–H and O–H groups in total. The molecule has 1 aliphatic heterocycles. The van der Waals surface area contributed by atoms with Crippen LogP contribution in [-0.4, -0.2) is 36.4 Å². The van der Waals surface area contributed by atoms with Crippen molar-refractivity contribution in [2.75, 3.05) is 17.8 Å². The third-order valence-electron chi connectivity index (χ3n) is 2.56. The highest BCUT2D eigenvalue weighted by Crippen LogP contribution is 2.31. The van der Waals surface area contributed by atoms with E-state index in [9.17, 15) is 13.2 Å². The third kappa shape index (κ3) is 2.09. The van der Waals surface area contributed by atoms with Gasteiger partial charge in [0.1, 0.15) is 4.66 Å². The zero-order valence-electron chi connectivity index (χ0n) is 7.86. The number of sulfonamides is 1. The van der Waals surface area contributed by atoms with Crippen LogP contribution in [0.25, 0.3) is 0 Å². The number of alkyl halides is 1. The maximum atomic E-state index is 11.4. The van der Waals surface area contributed by atoms with Crippen molar-refractivity contribution in [1.29, 1.82) is 0 Å². The van der Waals surface area contributed by atoms with E-state index in [4.69, 9.17) is 5.73 Å². The summed E-state index contributed by atoms with van der Waals surface area (Å²) >= 11 is 2.91. The predicted octanol–water partition coefficient (Wildman–Crippen LogP) is -0.134. The normalized spacial score (nSPS) is 29.3. The summed E-state index contributed by atoms with van der Waals surface area (Å²) < 4.78 is 24.1. The van der Waals surface area contributed by atoms with E-state index < -0.39 is 21.3 Å². The van der Waals surface area contributed by atoms with Crippen LogP contribution < -0.4 is 5.73 Å². The molecule has 0 aromatic carbocycles. The summed E-state index contributed by atoms with van der Waals surface area (Å²) in [7, 11) is -3.26. The van der Waals surface area contributed by atoms with E-state index in [2.05, 4.69) is 15.9 Å². The van der Waals surface area contributed by atoms with Gasteiger partial charge in [0.15, 0.2) is 0 Å². The van der Waals surface area contributed by atoms with Gasteiger partial charge in [-0.25, -0.2) is 12.7 Å². The first-order valence-corrected chi connectivity index (χ1v) is 6.88. The van der Waals surface area contributed by atoms with Gasteiger partial charge in [-0.2, -0.15) is 0 Å². The molecule has 5 nitrogen and oxygen atoms in total. The molecule has 1 atom stereocenters. The van der Waals surface area contributed by atoms with Crippen LogP contribution in [0.2, 0.25) is 0 Å². The van der Waals surface area contributed by atoms with Gasteiger partial charge >= 0.3 is 0 Å². The van der Waals surface area contributed by atoms with Crippen LogP contribution in [0.15, 0.2) is 0 Å². The lowest BCUT2D eigenvalue weighted by molar-refractivity contribution is -0.126. The Morgan fingerprint density at radius 1 is 1.64 bits per heavy atom. The predicted molar refractivity (Wildman–Crippen MR) is 56.2 cm³/mol. The molecule has 0 aromatic heterocycles. The number of nitrogens with two attached hydrogens (primary N) is 1. The zero-order valence-corrected chi connectivity index (χ0v) is 10.3. The monoisotopic (exact) mass is 284 g/mol. The molecule has 1 rings (SSSR count). The molecule has 0 spiro atoms. The van der Waals surface area contributed by atoms with Crippen molar-refractivity contribution in [3.8, 4) is 0 Å². The Labute approximate surface area is 91.8 Å². The van der Waals surface area contributed by atoms with Gasteiger partial charge < -0.3 is 5.73 Å². The quantitative estimate of drug-likeness (QED) is 0.733. The van der Waals surface area contributed by atoms with E-state index in [-0.39, 0.29) is 11.2 Å². The van der Waals surface area contributed by atoms with Crippen molar-refractivity contribution in [3.05, 3.63) is 0 Å². The average molecular weight is 285 g/mol. The molecule has 82 valence electrons. The smallest absolute Gasteiger partial charge is 0.224 e. The third-order valence-corrected chi connectivity index (χ3v) is 5.67. The summed E-state index contributed by atoms with van der Waals surface area (Å²) in [6.45, 7) is 2.25. The minimum absolute atomic E-state index is 0.116. The molecule has 1 amide bonds. The first kappa shape index (κ1) is 11.9. The molecular weight excluding hydrogens is 272 g/mol. The molecular formula is C7H13BrN2O3S. The highest BCUT2D eigenvalue weighted by Gasteiger charge is 2.42. The van der Waals surface area contributed by atoms with Crippen molar-refractivity contribution in [2.45, 2.75) is 13.3 Å². The SMILES string of the molecule is CC1(C(N)=O)CCN(S(=O)(=O)CBr)C1. The molecule has 0 radical (unpaired) electrons. The zero-order chi connectivity index (χ0) is 11.0. The molecule has 1 aliphatic rings. The second kappa shape index (κ2) is 3.79. The Kier molecular flexibility index (Phi) is 3.23. The lowest BCUT2D eigenvalue weighted by Crippen LogP contribution is -2.38. The highest BCUT2D eigenvalue weighted by molar-refractivity contribution is 9.10. The summed E-state index contributed by atoms with van der Waals surface area (Å²) in [5.41, 5.74) is 4.49. The van der Waals surface area contributed by atoms with Crippen LogP contribution in [0.1, 0.15) is 13.3 Å². The van der Waals surface area contributed by atoms with Crippen LogP contribution in [0, 0.1) is 5.41 Å². The maximum Gasteiger partial charge on any atom is 0.224 e. The number of nitrogens with zero attached hydrogens (tertiary/aromatic N) is 1. The highest BCUT2D eigenvalue weighted by atomic mass is 79.9. The largest absolute Gasteiger partial charge is 0.369 e. The average Bonchev–Trinajstić information content (AvgIpc) is 2.50. The van der Waals surface area contributed by atoms with Gasteiger partial charge in [0.05, 0.1) is 5.41 Å². The first-order valence-electron chi connectivity index (χ1n) is 4.15. The van der Waals surface area contributed by atoms with Crippen LogP contribution in [-0.2, 0) is 14.8 Å². The van der Waals surface area contributed by atoms with Gasteiger partial charge in [0, 0.05) is 13.1 Å². The van der Waals surface area contributed by atoms with Gasteiger partial charge in [-0.05, 0) is 13.3 Å². The van der Waals surface area contributed by atoms with E-state index in [1.54, 1.807) is 6.92 Å². The molecule has 1 unspecified atom stereocenters. The van der Waals surface area contributed by atoms with E-state index in [0.29, 0.717) is 13.0 Å². The number of rotatable bonds is 3. The van der Waals surface area contributed by atoms with Gasteiger partial charge in [0.2, 0.25) is 15.9 Å². The van der Waals surface area contributed by atoms with E-state index in [0.717, 1.165) is 0 Å². The summed E-state index contributed by atoms with van der Waals surface area (Å²) in [6, 6.07) is 0. The number of hydrogen-bond acceptors (Lipinski definition) is 3. The Morgan fingerprint density at radius 2 is 2.21 bits per heavy atom. The lowest BCUT2D eigenvalue weighted by atomic mass is 9.89. The molecule has 1 heterocycles. The summed E-state index contributed by atoms with van der Waals surface area (Å²) in [6.07, 6.45) is 0.495. The second-order valence-corrected chi connectivity index (χ2v) is 7.00. The van der Waals surface area contributed by atoms with Gasteiger partial charge in [-0.15, -0.1) is 0 Å². The number of carbonyl (C=O) groups is 1. The minimum Gasteiger partial charge on any atom is -0.369 e. The standard InChI is InChI=1S/C7H13BrN2O3S/c1-7(6(9)11)2-3-10(4-7)14(12,13)5-8/h2-5H2,1H3,(H2,9,11). The lowest BCUT2D eigenvalue weighted by Gasteiger charge is -2.20. The van der Waals surface area contributed by atoms with E-state index >= 15 is 0 Å². The molecule has 14 heavy (non-hydrogen) atoms. The van der Waals surface area contributed by atoms with Crippen molar-refractivity contribution in [1.82, 2.24) is 4.31 Å².